The normalized spacial score (nSPS) is 30.9. The first-order valence-corrected chi connectivity index (χ1v) is 4.61. The molecule has 1 saturated heterocycles. The summed E-state index contributed by atoms with van der Waals surface area (Å²) in [5, 5.41) is 0. The molecule has 1 aliphatic rings. The van der Waals surface area contributed by atoms with Gasteiger partial charge in [-0.05, 0) is 19.3 Å². The molecule has 2 unspecified atom stereocenters. The van der Waals surface area contributed by atoms with Gasteiger partial charge in [0, 0.05) is 19.1 Å². The highest BCUT2D eigenvalue weighted by atomic mass is 15.1. The zero-order valence-corrected chi connectivity index (χ0v) is 8.01. The molecule has 1 fully saturated rings. The van der Waals surface area contributed by atoms with Crippen LogP contribution in [0.2, 0.25) is 0 Å². The summed E-state index contributed by atoms with van der Waals surface area (Å²) in [7, 11) is 0. The predicted molar refractivity (Wildman–Crippen MR) is 51.6 cm³/mol. The quantitative estimate of drug-likeness (QED) is 0.580. The summed E-state index contributed by atoms with van der Waals surface area (Å²) in [6.45, 7) is 7.24. The van der Waals surface area contributed by atoms with E-state index >= 15 is 0 Å². The van der Waals surface area contributed by atoms with Gasteiger partial charge in [-0.2, -0.15) is 0 Å². The SMILES string of the molecule is CC#CCN1CCC(N)C(C)C1. The molecule has 2 atom stereocenters. The van der Waals surface area contributed by atoms with Gasteiger partial charge in [-0.1, -0.05) is 12.8 Å². The molecule has 12 heavy (non-hydrogen) atoms. The lowest BCUT2D eigenvalue weighted by molar-refractivity contribution is 0.182. The van der Waals surface area contributed by atoms with Crippen molar-refractivity contribution in [2.75, 3.05) is 19.6 Å². The Morgan fingerprint density at radius 2 is 2.33 bits per heavy atom. The van der Waals surface area contributed by atoms with E-state index in [-0.39, 0.29) is 0 Å². The second-order valence-corrected chi connectivity index (χ2v) is 3.59. The molecule has 0 amide bonds. The molecule has 2 heteroatoms. The maximum Gasteiger partial charge on any atom is 0.0601 e. The number of piperidine rings is 1. The largest absolute Gasteiger partial charge is 0.327 e. The van der Waals surface area contributed by atoms with Crippen molar-refractivity contribution in [2.45, 2.75) is 26.3 Å². The Morgan fingerprint density at radius 1 is 1.58 bits per heavy atom. The Morgan fingerprint density at radius 3 is 2.92 bits per heavy atom. The third-order valence-electron chi connectivity index (χ3n) is 2.54. The minimum absolute atomic E-state index is 0.399. The molecule has 0 bridgehead atoms. The van der Waals surface area contributed by atoms with Crippen LogP contribution in [0.1, 0.15) is 20.3 Å². The van der Waals surface area contributed by atoms with Crippen molar-refractivity contribution in [3.8, 4) is 11.8 Å². The fourth-order valence-corrected chi connectivity index (χ4v) is 1.58. The van der Waals surface area contributed by atoms with E-state index in [1.807, 2.05) is 6.92 Å². The summed E-state index contributed by atoms with van der Waals surface area (Å²) in [4.78, 5) is 2.38. The second-order valence-electron chi connectivity index (χ2n) is 3.59. The summed E-state index contributed by atoms with van der Waals surface area (Å²) in [5.41, 5.74) is 5.91. The summed E-state index contributed by atoms with van der Waals surface area (Å²) in [6.07, 6.45) is 1.12. The van der Waals surface area contributed by atoms with Gasteiger partial charge in [0.05, 0.1) is 6.54 Å². The lowest BCUT2D eigenvalue weighted by Gasteiger charge is -2.33. The standard InChI is InChI=1S/C10H18N2/c1-3-4-6-12-7-5-10(11)9(2)8-12/h9-10H,5-8,11H2,1-2H3. The van der Waals surface area contributed by atoms with Crippen LogP contribution in [0, 0.1) is 17.8 Å². The molecule has 0 spiro atoms. The van der Waals surface area contributed by atoms with Gasteiger partial charge in [-0.3, -0.25) is 4.90 Å². The molecule has 1 rings (SSSR count). The summed E-state index contributed by atoms with van der Waals surface area (Å²) in [6, 6.07) is 0.399. The minimum Gasteiger partial charge on any atom is -0.327 e. The molecule has 0 aromatic rings. The summed E-state index contributed by atoms with van der Waals surface area (Å²) in [5.74, 6) is 6.63. The smallest absolute Gasteiger partial charge is 0.0601 e. The van der Waals surface area contributed by atoms with Crippen LogP contribution in [0.5, 0.6) is 0 Å². The number of hydrogen-bond donors (Lipinski definition) is 1. The van der Waals surface area contributed by atoms with Crippen LogP contribution in [0.15, 0.2) is 0 Å². The molecule has 68 valence electrons. The van der Waals surface area contributed by atoms with E-state index in [1.54, 1.807) is 0 Å². The van der Waals surface area contributed by atoms with Crippen molar-refractivity contribution < 1.29 is 0 Å². The third-order valence-corrected chi connectivity index (χ3v) is 2.54. The van der Waals surface area contributed by atoms with Crippen LogP contribution in [-0.4, -0.2) is 30.6 Å². The van der Waals surface area contributed by atoms with Gasteiger partial charge >= 0.3 is 0 Å². The van der Waals surface area contributed by atoms with Gasteiger partial charge in [0.15, 0.2) is 0 Å². The molecule has 1 heterocycles. The van der Waals surface area contributed by atoms with Gasteiger partial charge in [0.2, 0.25) is 0 Å². The maximum absolute atomic E-state index is 5.91. The first kappa shape index (κ1) is 9.57. The van der Waals surface area contributed by atoms with Gasteiger partial charge in [-0.15, -0.1) is 5.92 Å². The first-order valence-electron chi connectivity index (χ1n) is 4.61. The van der Waals surface area contributed by atoms with Crippen molar-refractivity contribution >= 4 is 0 Å². The number of hydrogen-bond acceptors (Lipinski definition) is 2. The summed E-state index contributed by atoms with van der Waals surface area (Å²) < 4.78 is 0. The minimum atomic E-state index is 0.399. The molecule has 0 aromatic heterocycles. The predicted octanol–water partition coefficient (Wildman–Crippen LogP) is 0.679. The van der Waals surface area contributed by atoms with E-state index in [9.17, 15) is 0 Å². The van der Waals surface area contributed by atoms with Gasteiger partial charge < -0.3 is 5.73 Å². The average molecular weight is 166 g/mol. The van der Waals surface area contributed by atoms with Crippen molar-refractivity contribution in [3.63, 3.8) is 0 Å². The van der Waals surface area contributed by atoms with Crippen LogP contribution in [0.25, 0.3) is 0 Å². The van der Waals surface area contributed by atoms with Gasteiger partial charge in [0.25, 0.3) is 0 Å². The van der Waals surface area contributed by atoms with E-state index in [0.29, 0.717) is 12.0 Å². The molecule has 0 aliphatic carbocycles. The van der Waals surface area contributed by atoms with Crippen LogP contribution >= 0.6 is 0 Å². The van der Waals surface area contributed by atoms with E-state index < -0.39 is 0 Å². The lowest BCUT2D eigenvalue weighted by atomic mass is 9.95. The topological polar surface area (TPSA) is 29.3 Å². The number of nitrogens with two attached hydrogens (primary N) is 1. The monoisotopic (exact) mass is 166 g/mol. The Labute approximate surface area is 75.1 Å². The molecule has 0 saturated carbocycles. The van der Waals surface area contributed by atoms with Gasteiger partial charge in [-0.25, -0.2) is 0 Å². The van der Waals surface area contributed by atoms with Crippen molar-refractivity contribution in [3.05, 3.63) is 0 Å². The molecule has 0 aromatic carbocycles. The maximum atomic E-state index is 5.91. The number of likely N-dealkylation sites (tertiary alicyclic amines) is 1. The first-order chi connectivity index (χ1) is 5.74. The molecule has 2 N–H and O–H groups in total. The fourth-order valence-electron chi connectivity index (χ4n) is 1.58. The van der Waals surface area contributed by atoms with Crippen molar-refractivity contribution in [1.82, 2.24) is 4.90 Å². The Kier molecular flexibility index (Phi) is 3.58. The Bertz CT molecular complexity index is 190. The Hall–Kier alpha value is -0.520. The molecule has 1 aliphatic heterocycles. The van der Waals surface area contributed by atoms with Crippen LogP contribution < -0.4 is 5.73 Å². The molecule has 0 radical (unpaired) electrons. The van der Waals surface area contributed by atoms with Crippen molar-refractivity contribution in [2.24, 2.45) is 11.7 Å². The van der Waals surface area contributed by atoms with Crippen molar-refractivity contribution in [1.29, 1.82) is 0 Å². The van der Waals surface area contributed by atoms with Crippen LogP contribution in [0.3, 0.4) is 0 Å². The molecular weight excluding hydrogens is 148 g/mol. The lowest BCUT2D eigenvalue weighted by Crippen LogP contribution is -2.45. The molecule has 2 nitrogen and oxygen atoms in total. The fraction of sp³-hybridized carbons (Fsp3) is 0.800. The zero-order valence-electron chi connectivity index (χ0n) is 8.01. The summed E-state index contributed by atoms with van der Waals surface area (Å²) >= 11 is 0. The molecular formula is C10H18N2. The second kappa shape index (κ2) is 4.49. The third kappa shape index (κ3) is 2.51. The Balaban J connectivity index is 2.33. The van der Waals surface area contributed by atoms with E-state index in [2.05, 4.69) is 23.7 Å². The highest BCUT2D eigenvalue weighted by molar-refractivity contribution is 4.98. The van der Waals surface area contributed by atoms with E-state index in [0.717, 1.165) is 26.1 Å². The van der Waals surface area contributed by atoms with E-state index in [1.165, 1.54) is 0 Å². The number of nitrogens with zero attached hydrogens (tertiary/aromatic N) is 1. The zero-order chi connectivity index (χ0) is 8.97. The number of rotatable bonds is 1. The highest BCUT2D eigenvalue weighted by Crippen LogP contribution is 2.13. The van der Waals surface area contributed by atoms with Crippen LogP contribution in [-0.2, 0) is 0 Å². The average Bonchev–Trinajstić information content (AvgIpc) is 2.07. The van der Waals surface area contributed by atoms with Crippen LogP contribution in [0.4, 0.5) is 0 Å². The van der Waals surface area contributed by atoms with Gasteiger partial charge in [0.1, 0.15) is 0 Å². The van der Waals surface area contributed by atoms with E-state index in [4.69, 9.17) is 5.73 Å². The highest BCUT2D eigenvalue weighted by Gasteiger charge is 2.21.